The fourth-order valence-electron chi connectivity index (χ4n) is 4.28. The maximum atomic E-state index is 11.8. The molecule has 3 aromatic rings. The minimum Gasteiger partial charge on any atom is -0.489 e. The van der Waals surface area contributed by atoms with Crippen LogP contribution in [0.2, 0.25) is 5.02 Å². The van der Waals surface area contributed by atoms with Gasteiger partial charge in [0.05, 0.1) is 23.7 Å². The fraction of sp³-hybridized carbons (Fsp3) is 0.360. The zero-order valence-corrected chi connectivity index (χ0v) is 21.9. The van der Waals surface area contributed by atoms with Gasteiger partial charge in [-0.2, -0.15) is 13.4 Å². The zero-order valence-electron chi connectivity index (χ0n) is 20.4. The molecule has 0 saturated carbocycles. The van der Waals surface area contributed by atoms with Crippen LogP contribution in [0.3, 0.4) is 0 Å². The standard InChI is InChI=1S/C25H30ClN5O4S/c1-15(2)35-22-13-18(17-8-10-27-11-9-17)16(3)12-21(22)30-25-28-14-19(26)24(31-25)29-20-6-4-5-7-23(20)36(32,33)34/h4-7,12-15,17,27H,8-11H2,1-3H3,(H,32,33,34)(H2,28,29,30,31). The Morgan fingerprint density at radius 1 is 1.14 bits per heavy atom. The highest BCUT2D eigenvalue weighted by atomic mass is 35.5. The lowest BCUT2D eigenvalue weighted by Crippen LogP contribution is -2.27. The number of ether oxygens (including phenoxy) is 1. The third kappa shape index (κ3) is 6.25. The number of aryl methyl sites for hydroxylation is 1. The summed E-state index contributed by atoms with van der Waals surface area (Å²) in [6, 6.07) is 10.1. The van der Waals surface area contributed by atoms with E-state index in [-0.39, 0.29) is 33.5 Å². The van der Waals surface area contributed by atoms with Crippen LogP contribution in [-0.4, -0.2) is 42.1 Å². The predicted octanol–water partition coefficient (Wildman–Crippen LogP) is 5.43. The van der Waals surface area contributed by atoms with Crippen LogP contribution in [0.5, 0.6) is 5.75 Å². The lowest BCUT2D eigenvalue weighted by molar-refractivity contribution is 0.243. The summed E-state index contributed by atoms with van der Waals surface area (Å²) in [5.74, 6) is 1.60. The highest BCUT2D eigenvalue weighted by Gasteiger charge is 2.21. The largest absolute Gasteiger partial charge is 0.489 e. The first-order valence-corrected chi connectivity index (χ1v) is 13.6. The minimum atomic E-state index is -4.45. The average molecular weight is 532 g/mol. The topological polar surface area (TPSA) is 125 Å². The molecule has 0 spiro atoms. The molecule has 2 aromatic carbocycles. The molecule has 9 nitrogen and oxygen atoms in total. The van der Waals surface area contributed by atoms with Gasteiger partial charge in [-0.15, -0.1) is 0 Å². The Hall–Kier alpha value is -2.92. The molecular weight excluding hydrogens is 502 g/mol. The second-order valence-electron chi connectivity index (χ2n) is 9.01. The molecule has 1 saturated heterocycles. The monoisotopic (exact) mass is 531 g/mol. The van der Waals surface area contributed by atoms with Crippen molar-refractivity contribution in [2.75, 3.05) is 23.7 Å². The summed E-state index contributed by atoms with van der Waals surface area (Å²) in [6.07, 6.45) is 3.54. The molecule has 11 heteroatoms. The summed E-state index contributed by atoms with van der Waals surface area (Å²) in [5.41, 5.74) is 3.27. The number of piperidine rings is 1. The summed E-state index contributed by atoms with van der Waals surface area (Å²) in [6.45, 7) is 8.03. The highest BCUT2D eigenvalue weighted by Crippen LogP contribution is 2.37. The molecule has 0 radical (unpaired) electrons. The van der Waals surface area contributed by atoms with Gasteiger partial charge in [0.15, 0.2) is 5.82 Å². The van der Waals surface area contributed by atoms with Gasteiger partial charge in [-0.1, -0.05) is 23.7 Å². The van der Waals surface area contributed by atoms with Crippen LogP contribution in [0.25, 0.3) is 0 Å². The Labute approximate surface area is 216 Å². The molecule has 0 amide bonds. The van der Waals surface area contributed by atoms with Crippen LogP contribution in [0.4, 0.5) is 23.1 Å². The van der Waals surface area contributed by atoms with E-state index in [1.165, 1.54) is 30.0 Å². The van der Waals surface area contributed by atoms with E-state index in [1.54, 1.807) is 6.07 Å². The van der Waals surface area contributed by atoms with Crippen LogP contribution in [0.1, 0.15) is 43.7 Å². The van der Waals surface area contributed by atoms with Crippen molar-refractivity contribution in [3.8, 4) is 5.75 Å². The second kappa shape index (κ2) is 11.0. The molecule has 1 fully saturated rings. The molecule has 36 heavy (non-hydrogen) atoms. The summed E-state index contributed by atoms with van der Waals surface area (Å²) in [4.78, 5) is 8.44. The summed E-state index contributed by atoms with van der Waals surface area (Å²) in [7, 11) is -4.45. The van der Waals surface area contributed by atoms with Crippen molar-refractivity contribution in [3.63, 3.8) is 0 Å². The number of hydrogen-bond acceptors (Lipinski definition) is 8. The summed E-state index contributed by atoms with van der Waals surface area (Å²) in [5, 5.41) is 9.70. The molecule has 0 atom stereocenters. The van der Waals surface area contributed by atoms with Crippen LogP contribution >= 0.6 is 11.6 Å². The molecule has 2 heterocycles. The van der Waals surface area contributed by atoms with Gasteiger partial charge < -0.3 is 20.7 Å². The van der Waals surface area contributed by atoms with Crippen molar-refractivity contribution >= 4 is 44.9 Å². The van der Waals surface area contributed by atoms with Gasteiger partial charge >= 0.3 is 0 Å². The van der Waals surface area contributed by atoms with Crippen molar-refractivity contribution in [2.24, 2.45) is 0 Å². The SMILES string of the molecule is Cc1cc(Nc2ncc(Cl)c(Nc3ccccc3S(=O)(=O)O)n2)c(OC(C)C)cc1C1CCNCC1. The van der Waals surface area contributed by atoms with Gasteiger partial charge in [0.25, 0.3) is 10.1 Å². The number of aromatic nitrogens is 2. The van der Waals surface area contributed by atoms with Crippen molar-refractivity contribution in [3.05, 3.63) is 58.7 Å². The van der Waals surface area contributed by atoms with Crippen molar-refractivity contribution in [1.82, 2.24) is 15.3 Å². The first kappa shape index (κ1) is 26.2. The van der Waals surface area contributed by atoms with Crippen LogP contribution in [-0.2, 0) is 10.1 Å². The van der Waals surface area contributed by atoms with Crippen molar-refractivity contribution in [1.29, 1.82) is 0 Å². The van der Waals surface area contributed by atoms with Crippen LogP contribution < -0.4 is 20.7 Å². The zero-order chi connectivity index (χ0) is 25.9. The minimum absolute atomic E-state index is 0.0329. The fourth-order valence-corrected chi connectivity index (χ4v) is 5.07. The Balaban J connectivity index is 1.66. The smallest absolute Gasteiger partial charge is 0.296 e. The number of anilines is 4. The number of hydrogen-bond donors (Lipinski definition) is 4. The first-order chi connectivity index (χ1) is 17.1. The van der Waals surface area contributed by atoms with E-state index in [4.69, 9.17) is 16.3 Å². The van der Waals surface area contributed by atoms with Crippen LogP contribution in [0.15, 0.2) is 47.5 Å². The number of rotatable bonds is 8. The Bertz CT molecular complexity index is 1340. The Kier molecular flexibility index (Phi) is 7.99. The summed E-state index contributed by atoms with van der Waals surface area (Å²) < 4.78 is 39.2. The van der Waals surface area contributed by atoms with E-state index in [9.17, 15) is 13.0 Å². The normalized spacial score (nSPS) is 14.6. The van der Waals surface area contributed by atoms with E-state index in [1.807, 2.05) is 19.9 Å². The predicted molar refractivity (Wildman–Crippen MR) is 142 cm³/mol. The van der Waals surface area contributed by atoms with E-state index in [2.05, 4.69) is 38.9 Å². The number of halogens is 1. The highest BCUT2D eigenvalue weighted by molar-refractivity contribution is 7.86. The second-order valence-corrected chi connectivity index (χ2v) is 10.8. The van der Waals surface area contributed by atoms with Gasteiger partial charge in [0, 0.05) is 0 Å². The lowest BCUT2D eigenvalue weighted by atomic mass is 9.87. The molecule has 1 aliphatic rings. The molecule has 4 N–H and O–H groups in total. The summed E-state index contributed by atoms with van der Waals surface area (Å²) >= 11 is 6.29. The first-order valence-electron chi connectivity index (χ1n) is 11.8. The third-order valence-corrected chi connectivity index (χ3v) is 7.11. The van der Waals surface area contributed by atoms with Gasteiger partial charge in [-0.25, -0.2) is 4.98 Å². The molecule has 192 valence electrons. The molecule has 0 unspecified atom stereocenters. The number of benzene rings is 2. The molecule has 4 rings (SSSR count). The average Bonchev–Trinajstić information content (AvgIpc) is 2.83. The van der Waals surface area contributed by atoms with E-state index in [0.29, 0.717) is 17.4 Å². The van der Waals surface area contributed by atoms with Crippen molar-refractivity contribution in [2.45, 2.75) is 50.5 Å². The molecule has 0 aliphatic carbocycles. The molecule has 1 aromatic heterocycles. The lowest BCUT2D eigenvalue weighted by Gasteiger charge is -2.26. The van der Waals surface area contributed by atoms with Gasteiger partial charge in [-0.3, -0.25) is 4.55 Å². The van der Waals surface area contributed by atoms with E-state index in [0.717, 1.165) is 31.5 Å². The maximum Gasteiger partial charge on any atom is 0.296 e. The maximum absolute atomic E-state index is 11.8. The molecule has 1 aliphatic heterocycles. The van der Waals surface area contributed by atoms with Crippen molar-refractivity contribution < 1.29 is 17.7 Å². The Morgan fingerprint density at radius 3 is 2.56 bits per heavy atom. The number of nitrogens with zero attached hydrogens (tertiary/aromatic N) is 2. The van der Waals surface area contributed by atoms with E-state index < -0.39 is 10.1 Å². The van der Waals surface area contributed by atoms with Gasteiger partial charge in [0.1, 0.15) is 15.7 Å². The molecular formula is C25H30ClN5O4S. The van der Waals surface area contributed by atoms with E-state index >= 15 is 0 Å². The van der Waals surface area contributed by atoms with Gasteiger partial charge in [0.2, 0.25) is 5.95 Å². The quantitative estimate of drug-likeness (QED) is 0.281. The third-order valence-electron chi connectivity index (χ3n) is 5.92. The van der Waals surface area contributed by atoms with Gasteiger partial charge in [-0.05, 0) is 88.0 Å². The van der Waals surface area contributed by atoms with Crippen LogP contribution in [0, 0.1) is 6.92 Å². The molecule has 0 bridgehead atoms. The Morgan fingerprint density at radius 2 is 1.86 bits per heavy atom. The number of nitrogens with one attached hydrogen (secondary N) is 3. The number of para-hydroxylation sites is 1.